The number of aryl methyl sites for hydroxylation is 1. The number of nitrogen functional groups attached to an aromatic ring is 1. The van der Waals surface area contributed by atoms with Crippen LogP contribution in [0.15, 0.2) is 41.7 Å². The molecule has 1 aromatic carbocycles. The minimum Gasteiger partial charge on any atom is -0.290 e. The van der Waals surface area contributed by atoms with E-state index in [-0.39, 0.29) is 5.91 Å². The van der Waals surface area contributed by atoms with Crippen molar-refractivity contribution >= 4 is 17.7 Å². The van der Waals surface area contributed by atoms with Gasteiger partial charge in [-0.2, -0.15) is 0 Å². The zero-order valence-electron chi connectivity index (χ0n) is 10.5. The predicted octanol–water partition coefficient (Wildman–Crippen LogP) is 1.68. The van der Waals surface area contributed by atoms with E-state index in [4.69, 9.17) is 5.84 Å². The van der Waals surface area contributed by atoms with E-state index < -0.39 is 0 Å². The first-order valence-corrected chi connectivity index (χ1v) is 6.70. The maximum absolute atomic E-state index is 11.3. The molecule has 0 saturated heterocycles. The number of carbonyl (C=O) groups is 1. The van der Waals surface area contributed by atoms with Crippen molar-refractivity contribution in [1.82, 2.24) is 15.4 Å². The Morgan fingerprint density at radius 1 is 1.32 bits per heavy atom. The van der Waals surface area contributed by atoms with Crippen molar-refractivity contribution in [3.63, 3.8) is 0 Å². The number of carbonyl (C=O) groups excluding carboxylic acids is 1. The van der Waals surface area contributed by atoms with E-state index in [2.05, 4.69) is 15.4 Å². The van der Waals surface area contributed by atoms with Crippen LogP contribution in [0.2, 0.25) is 0 Å². The largest absolute Gasteiger partial charge is 0.290 e. The molecule has 98 valence electrons. The van der Waals surface area contributed by atoms with E-state index in [1.165, 1.54) is 0 Å². The van der Waals surface area contributed by atoms with E-state index in [1.807, 2.05) is 25.1 Å². The van der Waals surface area contributed by atoms with Crippen LogP contribution in [0, 0.1) is 6.92 Å². The Labute approximate surface area is 115 Å². The van der Waals surface area contributed by atoms with Crippen LogP contribution in [0.4, 0.5) is 0 Å². The lowest BCUT2D eigenvalue weighted by atomic mass is 10.1. The van der Waals surface area contributed by atoms with Gasteiger partial charge in [-0.3, -0.25) is 10.2 Å². The van der Waals surface area contributed by atoms with Gasteiger partial charge in [-0.15, -0.1) is 0 Å². The molecule has 2 rings (SSSR count). The molecule has 0 aliphatic rings. The van der Waals surface area contributed by atoms with Gasteiger partial charge in [-0.1, -0.05) is 23.9 Å². The third-order valence-corrected chi connectivity index (χ3v) is 3.42. The summed E-state index contributed by atoms with van der Waals surface area (Å²) in [6, 6.07) is 9.15. The van der Waals surface area contributed by atoms with Gasteiger partial charge in [0.25, 0.3) is 5.91 Å². The number of rotatable bonds is 4. The van der Waals surface area contributed by atoms with Crippen LogP contribution in [0.5, 0.6) is 0 Å². The van der Waals surface area contributed by atoms with Gasteiger partial charge < -0.3 is 0 Å². The minimum atomic E-state index is -0.291. The topological polar surface area (TPSA) is 80.9 Å². The van der Waals surface area contributed by atoms with Crippen LogP contribution in [-0.2, 0) is 5.75 Å². The zero-order valence-corrected chi connectivity index (χ0v) is 11.3. The quantitative estimate of drug-likeness (QED) is 0.291. The molecule has 0 radical (unpaired) electrons. The molecule has 0 unspecified atom stereocenters. The second-order valence-electron chi connectivity index (χ2n) is 3.94. The average molecular weight is 274 g/mol. The van der Waals surface area contributed by atoms with Crippen molar-refractivity contribution in [2.75, 3.05) is 0 Å². The monoisotopic (exact) mass is 274 g/mol. The number of benzene rings is 1. The summed E-state index contributed by atoms with van der Waals surface area (Å²) in [5, 5.41) is 0.753. The number of amides is 1. The molecular weight excluding hydrogens is 260 g/mol. The van der Waals surface area contributed by atoms with Crippen molar-refractivity contribution in [2.45, 2.75) is 17.8 Å². The summed E-state index contributed by atoms with van der Waals surface area (Å²) in [4.78, 5) is 19.8. The highest BCUT2D eigenvalue weighted by Crippen LogP contribution is 2.19. The number of nitrogens with two attached hydrogens (primary N) is 1. The number of aromatic nitrogens is 2. The van der Waals surface area contributed by atoms with E-state index in [0.717, 1.165) is 22.2 Å². The van der Waals surface area contributed by atoms with Gasteiger partial charge in [-0.25, -0.2) is 15.8 Å². The summed E-state index contributed by atoms with van der Waals surface area (Å²) < 4.78 is 0. The fraction of sp³-hybridized carbons (Fsp3) is 0.154. The maximum atomic E-state index is 11.3. The van der Waals surface area contributed by atoms with E-state index in [9.17, 15) is 4.79 Å². The predicted molar refractivity (Wildman–Crippen MR) is 74.4 cm³/mol. The van der Waals surface area contributed by atoms with Crippen LogP contribution in [0.1, 0.15) is 21.6 Å². The highest BCUT2D eigenvalue weighted by molar-refractivity contribution is 7.98. The molecule has 0 saturated carbocycles. The lowest BCUT2D eigenvalue weighted by Crippen LogP contribution is -2.29. The van der Waals surface area contributed by atoms with Gasteiger partial charge in [0.1, 0.15) is 0 Å². The highest BCUT2D eigenvalue weighted by Gasteiger charge is 2.04. The van der Waals surface area contributed by atoms with Crippen molar-refractivity contribution in [3.8, 4) is 0 Å². The van der Waals surface area contributed by atoms with Crippen molar-refractivity contribution in [1.29, 1.82) is 0 Å². The SMILES string of the molecule is Cc1ccnc(SCc2ccc(C(=O)NN)cc2)n1. The minimum absolute atomic E-state index is 0.291. The fourth-order valence-electron chi connectivity index (χ4n) is 1.48. The Balaban J connectivity index is 1.98. The molecule has 6 heteroatoms. The van der Waals surface area contributed by atoms with Crippen molar-refractivity contribution in [3.05, 3.63) is 53.3 Å². The Hall–Kier alpha value is -1.92. The molecule has 19 heavy (non-hydrogen) atoms. The number of nitrogens with one attached hydrogen (secondary N) is 1. The zero-order chi connectivity index (χ0) is 13.7. The second-order valence-corrected chi connectivity index (χ2v) is 4.88. The number of hydrazine groups is 1. The lowest BCUT2D eigenvalue weighted by molar-refractivity contribution is 0.0953. The number of nitrogens with zero attached hydrogens (tertiary/aromatic N) is 2. The summed E-state index contributed by atoms with van der Waals surface area (Å²) in [7, 11) is 0. The molecule has 3 N–H and O–H groups in total. The molecule has 0 aliphatic heterocycles. The fourth-order valence-corrected chi connectivity index (χ4v) is 2.31. The van der Waals surface area contributed by atoms with E-state index >= 15 is 0 Å². The van der Waals surface area contributed by atoms with Gasteiger partial charge in [0.05, 0.1) is 0 Å². The van der Waals surface area contributed by atoms with E-state index in [1.54, 1.807) is 30.1 Å². The summed E-state index contributed by atoms with van der Waals surface area (Å²) >= 11 is 1.56. The summed E-state index contributed by atoms with van der Waals surface area (Å²) in [6.07, 6.45) is 1.75. The third-order valence-electron chi connectivity index (χ3n) is 2.49. The molecule has 5 nitrogen and oxygen atoms in total. The smallest absolute Gasteiger partial charge is 0.265 e. The maximum Gasteiger partial charge on any atom is 0.265 e. The third kappa shape index (κ3) is 3.77. The van der Waals surface area contributed by atoms with Gasteiger partial charge >= 0.3 is 0 Å². The molecule has 2 aromatic rings. The molecule has 0 aliphatic carbocycles. The first kappa shape index (κ1) is 13.5. The number of hydrogen-bond donors (Lipinski definition) is 2. The van der Waals surface area contributed by atoms with Gasteiger partial charge in [0.15, 0.2) is 5.16 Å². The van der Waals surface area contributed by atoms with Crippen LogP contribution < -0.4 is 11.3 Å². The Bertz CT molecular complexity index is 571. The van der Waals surface area contributed by atoms with Crippen LogP contribution in [0.3, 0.4) is 0 Å². The first-order valence-electron chi connectivity index (χ1n) is 5.71. The standard InChI is InChI=1S/C13H14N4OS/c1-9-6-7-15-13(16-9)19-8-10-2-4-11(5-3-10)12(18)17-14/h2-7H,8,14H2,1H3,(H,17,18). The van der Waals surface area contributed by atoms with Crippen LogP contribution >= 0.6 is 11.8 Å². The molecule has 1 amide bonds. The van der Waals surface area contributed by atoms with E-state index in [0.29, 0.717) is 5.56 Å². The van der Waals surface area contributed by atoms with Crippen LogP contribution in [-0.4, -0.2) is 15.9 Å². The molecule has 1 heterocycles. The number of hydrogen-bond acceptors (Lipinski definition) is 5. The summed E-state index contributed by atoms with van der Waals surface area (Å²) in [5.74, 6) is 5.54. The highest BCUT2D eigenvalue weighted by atomic mass is 32.2. The average Bonchev–Trinajstić information content (AvgIpc) is 2.45. The lowest BCUT2D eigenvalue weighted by Gasteiger charge is -2.03. The Morgan fingerprint density at radius 2 is 2.05 bits per heavy atom. The first-order chi connectivity index (χ1) is 9.19. The summed E-state index contributed by atoms with van der Waals surface area (Å²) in [6.45, 7) is 1.94. The van der Waals surface area contributed by atoms with Gasteiger partial charge in [0.2, 0.25) is 0 Å². The Kier molecular flexibility index (Phi) is 4.48. The van der Waals surface area contributed by atoms with Crippen molar-refractivity contribution in [2.24, 2.45) is 5.84 Å². The second kappa shape index (κ2) is 6.31. The molecule has 0 spiro atoms. The van der Waals surface area contributed by atoms with Gasteiger partial charge in [0, 0.05) is 23.2 Å². The van der Waals surface area contributed by atoms with Crippen LogP contribution in [0.25, 0.3) is 0 Å². The van der Waals surface area contributed by atoms with Crippen molar-refractivity contribution < 1.29 is 4.79 Å². The molecule has 0 atom stereocenters. The normalized spacial score (nSPS) is 10.2. The molecular formula is C13H14N4OS. The molecule has 0 fully saturated rings. The summed E-state index contributed by atoms with van der Waals surface area (Å²) in [5.41, 5.74) is 4.70. The Morgan fingerprint density at radius 3 is 2.68 bits per heavy atom. The molecule has 1 aromatic heterocycles. The molecule has 0 bridgehead atoms. The number of thioether (sulfide) groups is 1. The van der Waals surface area contributed by atoms with Gasteiger partial charge in [-0.05, 0) is 30.7 Å².